The van der Waals surface area contributed by atoms with Crippen LogP contribution in [0.1, 0.15) is 45.0 Å². The molecule has 3 aromatic carbocycles. The Morgan fingerprint density at radius 1 is 0.872 bits per heavy atom. The van der Waals surface area contributed by atoms with Crippen LogP contribution < -0.4 is 14.2 Å². The first-order valence-corrected chi connectivity index (χ1v) is 14.2. The van der Waals surface area contributed by atoms with Crippen molar-refractivity contribution in [2.45, 2.75) is 39.1 Å². The summed E-state index contributed by atoms with van der Waals surface area (Å²) >= 11 is 1.55. The van der Waals surface area contributed by atoms with E-state index < -0.39 is 0 Å². The number of hydrogen-bond donors (Lipinski definition) is 0. The maximum Gasteiger partial charge on any atom is 0.273 e. The Morgan fingerprint density at radius 2 is 1.62 bits per heavy atom. The molecule has 6 rings (SSSR count). The molecule has 1 fully saturated rings. The zero-order chi connectivity index (χ0) is 26.4. The van der Waals surface area contributed by atoms with Gasteiger partial charge in [-0.25, -0.2) is 4.98 Å². The second-order valence-electron chi connectivity index (χ2n) is 9.88. The van der Waals surface area contributed by atoms with Gasteiger partial charge in [-0.3, -0.25) is 9.69 Å². The highest BCUT2D eigenvalue weighted by atomic mass is 32.1. The number of hydrogen-bond acceptors (Lipinski definition) is 7. The fourth-order valence-electron chi connectivity index (χ4n) is 4.91. The first-order chi connectivity index (χ1) is 19.2. The number of carbonyl (C=O) groups is 1. The largest absolute Gasteiger partial charge is 0.489 e. The van der Waals surface area contributed by atoms with Crippen molar-refractivity contribution in [2.24, 2.45) is 0 Å². The van der Waals surface area contributed by atoms with Crippen LogP contribution in [0.5, 0.6) is 17.2 Å². The molecular weight excluding hydrogens is 510 g/mol. The fraction of sp³-hybridized carbons (Fsp3) is 0.290. The van der Waals surface area contributed by atoms with Gasteiger partial charge < -0.3 is 19.1 Å². The van der Waals surface area contributed by atoms with Crippen molar-refractivity contribution in [1.29, 1.82) is 0 Å². The summed E-state index contributed by atoms with van der Waals surface area (Å²) in [5.74, 6) is 2.44. The van der Waals surface area contributed by atoms with E-state index in [0.717, 1.165) is 65.9 Å². The third-order valence-electron chi connectivity index (χ3n) is 6.94. The number of thiazole rings is 1. The van der Waals surface area contributed by atoms with Crippen LogP contribution in [-0.2, 0) is 26.2 Å². The second-order valence-corrected chi connectivity index (χ2v) is 10.8. The first-order valence-electron chi connectivity index (χ1n) is 13.3. The highest BCUT2D eigenvalue weighted by Crippen LogP contribution is 2.33. The molecule has 2 aliphatic rings. The highest BCUT2D eigenvalue weighted by Gasteiger charge is 2.22. The van der Waals surface area contributed by atoms with Crippen molar-refractivity contribution in [3.63, 3.8) is 0 Å². The minimum atomic E-state index is 0.0448. The maximum absolute atomic E-state index is 12.8. The summed E-state index contributed by atoms with van der Waals surface area (Å²) in [5, 5.41) is 2.83. The van der Waals surface area contributed by atoms with E-state index in [4.69, 9.17) is 19.2 Å². The van der Waals surface area contributed by atoms with E-state index in [1.54, 1.807) is 11.3 Å². The third kappa shape index (κ3) is 6.41. The lowest BCUT2D eigenvalue weighted by atomic mass is 10.1. The number of aromatic nitrogens is 1. The molecule has 1 saturated heterocycles. The summed E-state index contributed by atoms with van der Waals surface area (Å²) in [6.45, 7) is 4.52. The molecule has 8 heteroatoms. The van der Waals surface area contributed by atoms with Crippen molar-refractivity contribution >= 4 is 17.2 Å². The van der Waals surface area contributed by atoms with E-state index in [2.05, 4.69) is 35.2 Å². The zero-order valence-corrected chi connectivity index (χ0v) is 22.6. The molecule has 1 amide bonds. The fourth-order valence-corrected chi connectivity index (χ4v) is 5.72. The van der Waals surface area contributed by atoms with Crippen molar-refractivity contribution < 1.29 is 19.0 Å². The molecule has 7 nitrogen and oxygen atoms in total. The minimum Gasteiger partial charge on any atom is -0.489 e. The van der Waals surface area contributed by atoms with E-state index >= 15 is 0 Å². The van der Waals surface area contributed by atoms with Crippen LogP contribution in [0, 0.1) is 0 Å². The molecule has 3 heterocycles. The van der Waals surface area contributed by atoms with Gasteiger partial charge in [-0.05, 0) is 53.8 Å². The third-order valence-corrected chi connectivity index (χ3v) is 7.78. The van der Waals surface area contributed by atoms with Gasteiger partial charge in [-0.15, -0.1) is 11.3 Å². The molecule has 0 bridgehead atoms. The number of nitrogens with zero attached hydrogens (tertiary/aromatic N) is 3. The Hall–Kier alpha value is -3.88. The molecule has 0 unspecified atom stereocenters. The van der Waals surface area contributed by atoms with E-state index in [-0.39, 0.29) is 12.7 Å². The SMILES string of the molecule is O=C(c1csc(CN(Cc2ccc(OCc3ccccc3)cc2)Cc2ccc3c(c2)OCO3)n1)N1CCCC1. The van der Waals surface area contributed by atoms with Gasteiger partial charge >= 0.3 is 0 Å². The Bertz CT molecular complexity index is 1400. The molecule has 0 spiro atoms. The van der Waals surface area contributed by atoms with Gasteiger partial charge in [-0.2, -0.15) is 0 Å². The predicted molar refractivity (Wildman–Crippen MR) is 150 cm³/mol. The van der Waals surface area contributed by atoms with Gasteiger partial charge in [0.05, 0.1) is 6.54 Å². The summed E-state index contributed by atoms with van der Waals surface area (Å²) < 4.78 is 17.1. The monoisotopic (exact) mass is 541 g/mol. The molecule has 0 aliphatic carbocycles. The number of ether oxygens (including phenoxy) is 3. The lowest BCUT2D eigenvalue weighted by molar-refractivity contribution is 0.0787. The molecule has 0 saturated carbocycles. The molecule has 0 N–H and O–H groups in total. The quantitative estimate of drug-likeness (QED) is 0.250. The van der Waals surface area contributed by atoms with Crippen LogP contribution >= 0.6 is 11.3 Å². The summed E-state index contributed by atoms with van der Waals surface area (Å²) in [6.07, 6.45) is 2.14. The van der Waals surface area contributed by atoms with Crippen molar-refractivity contribution in [1.82, 2.24) is 14.8 Å². The Kier molecular flexibility index (Phi) is 7.74. The topological polar surface area (TPSA) is 64.1 Å². The van der Waals surface area contributed by atoms with Crippen LogP contribution in [0.2, 0.25) is 0 Å². The predicted octanol–water partition coefficient (Wildman–Crippen LogP) is 5.89. The van der Waals surface area contributed by atoms with Gasteiger partial charge in [0.25, 0.3) is 5.91 Å². The van der Waals surface area contributed by atoms with Gasteiger partial charge in [0, 0.05) is 31.6 Å². The van der Waals surface area contributed by atoms with Crippen LogP contribution in [0.3, 0.4) is 0 Å². The van der Waals surface area contributed by atoms with Crippen LogP contribution in [0.15, 0.2) is 78.2 Å². The average Bonchev–Trinajstić information content (AvgIpc) is 3.75. The van der Waals surface area contributed by atoms with Crippen molar-refractivity contribution in [3.05, 3.63) is 106 Å². The standard InChI is InChI=1S/C31H31N3O4S/c35-31(34-14-4-5-15-34)27-21-39-30(32-27)19-33(18-25-10-13-28-29(16-25)38-22-37-28)17-23-8-11-26(12-9-23)36-20-24-6-2-1-3-7-24/h1-3,6-13,16,21H,4-5,14-15,17-20,22H2. The number of carbonyl (C=O) groups excluding carboxylic acids is 1. The average molecular weight is 542 g/mol. The van der Waals surface area contributed by atoms with Crippen LogP contribution in [-0.4, -0.2) is 40.6 Å². The maximum atomic E-state index is 12.8. The summed E-state index contributed by atoms with van der Waals surface area (Å²) in [6, 6.07) is 24.5. The Balaban J connectivity index is 1.15. The molecule has 2 aliphatic heterocycles. The van der Waals surface area contributed by atoms with Crippen LogP contribution in [0.4, 0.5) is 0 Å². The molecule has 39 heavy (non-hydrogen) atoms. The first kappa shape index (κ1) is 25.4. The highest BCUT2D eigenvalue weighted by molar-refractivity contribution is 7.09. The van der Waals surface area contributed by atoms with E-state index in [0.29, 0.717) is 25.4 Å². The lowest BCUT2D eigenvalue weighted by Gasteiger charge is -2.22. The van der Waals surface area contributed by atoms with E-state index in [1.807, 2.05) is 52.7 Å². The molecular formula is C31H31N3O4S. The van der Waals surface area contributed by atoms with Crippen molar-refractivity contribution in [3.8, 4) is 17.2 Å². The molecule has 0 atom stereocenters. The molecule has 4 aromatic rings. The number of benzene rings is 3. The minimum absolute atomic E-state index is 0.0448. The van der Waals surface area contributed by atoms with Gasteiger partial charge in [0.15, 0.2) is 11.5 Å². The number of likely N-dealkylation sites (tertiary alicyclic amines) is 1. The van der Waals surface area contributed by atoms with Crippen molar-refractivity contribution in [2.75, 3.05) is 19.9 Å². The van der Waals surface area contributed by atoms with Gasteiger partial charge in [0.1, 0.15) is 23.1 Å². The normalized spacial score (nSPS) is 14.2. The summed E-state index contributed by atoms with van der Waals surface area (Å²) in [5.41, 5.74) is 4.00. The molecule has 200 valence electrons. The number of rotatable bonds is 10. The lowest BCUT2D eigenvalue weighted by Crippen LogP contribution is -2.28. The number of fused-ring (bicyclic) bond motifs is 1. The molecule has 1 aromatic heterocycles. The van der Waals surface area contributed by atoms with Gasteiger partial charge in [-0.1, -0.05) is 48.5 Å². The Morgan fingerprint density at radius 3 is 2.44 bits per heavy atom. The van der Waals surface area contributed by atoms with E-state index in [9.17, 15) is 4.79 Å². The summed E-state index contributed by atoms with van der Waals surface area (Å²) in [4.78, 5) is 21.8. The number of amides is 1. The van der Waals surface area contributed by atoms with E-state index in [1.165, 1.54) is 5.56 Å². The smallest absolute Gasteiger partial charge is 0.273 e. The van der Waals surface area contributed by atoms with Crippen LogP contribution in [0.25, 0.3) is 0 Å². The second kappa shape index (κ2) is 11.9. The Labute approximate surface area is 232 Å². The summed E-state index contributed by atoms with van der Waals surface area (Å²) in [7, 11) is 0. The zero-order valence-electron chi connectivity index (χ0n) is 21.8. The molecule has 0 radical (unpaired) electrons. The van der Waals surface area contributed by atoms with Gasteiger partial charge in [0.2, 0.25) is 6.79 Å².